The molecule has 0 aliphatic rings. The van der Waals surface area contributed by atoms with Crippen LogP contribution < -0.4 is 10.5 Å². The molecule has 2 N–H and O–H groups in total. The Hall–Kier alpha value is -1.35. The minimum atomic E-state index is -0.546. The normalized spacial score (nSPS) is 14.3. The molecule has 0 aliphatic heterocycles. The van der Waals surface area contributed by atoms with Crippen molar-refractivity contribution in [1.82, 2.24) is 0 Å². The molecule has 1 rings (SSSR count). The van der Waals surface area contributed by atoms with Crippen LogP contribution in [-0.4, -0.2) is 12.0 Å². The first-order valence-electron chi connectivity index (χ1n) is 5.17. The van der Waals surface area contributed by atoms with E-state index in [4.69, 9.17) is 10.5 Å². The molecule has 2 atom stereocenters. The summed E-state index contributed by atoms with van der Waals surface area (Å²) in [6.45, 7) is 3.94. The molecule has 0 bridgehead atoms. The summed E-state index contributed by atoms with van der Waals surface area (Å²) >= 11 is 0. The van der Waals surface area contributed by atoms with Gasteiger partial charge in [-0.05, 0) is 18.1 Å². The minimum Gasteiger partial charge on any atom is -0.425 e. The summed E-state index contributed by atoms with van der Waals surface area (Å²) in [7, 11) is 0. The van der Waals surface area contributed by atoms with E-state index in [1.807, 2.05) is 32.0 Å². The average Bonchev–Trinajstić information content (AvgIpc) is 2.28. The standard InChI is InChI=1S/C12H17NO2/c1-3-9(2)11(13)12(14)15-10-7-5-4-6-8-10/h4-9,11H,3,13H2,1-2H3/t9-,11-/m0/s1. The zero-order chi connectivity index (χ0) is 11.3. The molecule has 0 unspecified atom stereocenters. The third kappa shape index (κ3) is 3.36. The van der Waals surface area contributed by atoms with Crippen LogP contribution in [0.3, 0.4) is 0 Å². The second kappa shape index (κ2) is 5.51. The lowest BCUT2D eigenvalue weighted by molar-refractivity contribution is -0.137. The van der Waals surface area contributed by atoms with Gasteiger partial charge in [-0.1, -0.05) is 38.5 Å². The zero-order valence-corrected chi connectivity index (χ0v) is 9.14. The van der Waals surface area contributed by atoms with Crippen molar-refractivity contribution in [1.29, 1.82) is 0 Å². The largest absolute Gasteiger partial charge is 0.425 e. The van der Waals surface area contributed by atoms with Crippen molar-refractivity contribution in [2.75, 3.05) is 0 Å². The SMILES string of the molecule is CC[C@H](C)[C@H](N)C(=O)Oc1ccccc1. The molecule has 0 saturated carbocycles. The molecular weight excluding hydrogens is 190 g/mol. The fourth-order valence-electron chi connectivity index (χ4n) is 1.16. The van der Waals surface area contributed by atoms with Crippen LogP contribution in [0.25, 0.3) is 0 Å². The number of nitrogens with two attached hydrogens (primary N) is 1. The molecule has 1 aromatic rings. The highest BCUT2D eigenvalue weighted by Gasteiger charge is 2.21. The van der Waals surface area contributed by atoms with Crippen molar-refractivity contribution in [3.05, 3.63) is 30.3 Å². The maximum Gasteiger partial charge on any atom is 0.328 e. The van der Waals surface area contributed by atoms with E-state index in [-0.39, 0.29) is 11.9 Å². The van der Waals surface area contributed by atoms with E-state index in [0.717, 1.165) is 6.42 Å². The van der Waals surface area contributed by atoms with Crippen LogP contribution in [0.2, 0.25) is 0 Å². The number of ether oxygens (including phenoxy) is 1. The Balaban J connectivity index is 2.56. The van der Waals surface area contributed by atoms with Crippen LogP contribution in [0.5, 0.6) is 5.75 Å². The number of hydrogen-bond donors (Lipinski definition) is 1. The van der Waals surface area contributed by atoms with Gasteiger partial charge < -0.3 is 10.5 Å². The molecule has 0 saturated heterocycles. The van der Waals surface area contributed by atoms with Gasteiger partial charge in [-0.25, -0.2) is 4.79 Å². The predicted octanol–water partition coefficient (Wildman–Crippen LogP) is 1.97. The molecule has 0 fully saturated rings. The van der Waals surface area contributed by atoms with E-state index in [0.29, 0.717) is 5.75 Å². The number of rotatable bonds is 4. The summed E-state index contributed by atoms with van der Waals surface area (Å²) in [5, 5.41) is 0. The highest BCUT2D eigenvalue weighted by Crippen LogP contribution is 2.12. The molecule has 3 nitrogen and oxygen atoms in total. The number of para-hydroxylation sites is 1. The molecule has 0 radical (unpaired) electrons. The van der Waals surface area contributed by atoms with Crippen molar-refractivity contribution in [2.24, 2.45) is 11.7 Å². The van der Waals surface area contributed by atoms with Crippen LogP contribution >= 0.6 is 0 Å². The van der Waals surface area contributed by atoms with E-state index >= 15 is 0 Å². The third-order valence-corrected chi connectivity index (χ3v) is 2.49. The van der Waals surface area contributed by atoms with Crippen molar-refractivity contribution in [3.63, 3.8) is 0 Å². The number of hydrogen-bond acceptors (Lipinski definition) is 3. The van der Waals surface area contributed by atoms with Crippen LogP contribution in [-0.2, 0) is 4.79 Å². The molecule has 1 aromatic carbocycles. The molecule has 0 aliphatic carbocycles. The Morgan fingerprint density at radius 1 is 1.40 bits per heavy atom. The van der Waals surface area contributed by atoms with E-state index in [2.05, 4.69) is 0 Å². The van der Waals surface area contributed by atoms with Gasteiger partial charge in [0.1, 0.15) is 11.8 Å². The van der Waals surface area contributed by atoms with Crippen molar-refractivity contribution in [2.45, 2.75) is 26.3 Å². The fourth-order valence-corrected chi connectivity index (χ4v) is 1.16. The zero-order valence-electron chi connectivity index (χ0n) is 9.14. The molecular formula is C12H17NO2. The summed E-state index contributed by atoms with van der Waals surface area (Å²) in [6, 6.07) is 8.43. The summed E-state index contributed by atoms with van der Waals surface area (Å²) in [4.78, 5) is 11.6. The first-order valence-corrected chi connectivity index (χ1v) is 5.17. The summed E-state index contributed by atoms with van der Waals surface area (Å²) in [5.74, 6) is 0.318. The van der Waals surface area contributed by atoms with Gasteiger partial charge in [0.15, 0.2) is 0 Å². The van der Waals surface area contributed by atoms with Gasteiger partial charge in [0.25, 0.3) is 0 Å². The van der Waals surface area contributed by atoms with Gasteiger partial charge in [-0.2, -0.15) is 0 Å². The quantitative estimate of drug-likeness (QED) is 0.606. The highest BCUT2D eigenvalue weighted by molar-refractivity contribution is 5.78. The summed E-state index contributed by atoms with van der Waals surface area (Å²) < 4.78 is 5.14. The lowest BCUT2D eigenvalue weighted by atomic mass is 10.0. The molecule has 0 aromatic heterocycles. The van der Waals surface area contributed by atoms with Crippen molar-refractivity contribution < 1.29 is 9.53 Å². The molecule has 15 heavy (non-hydrogen) atoms. The lowest BCUT2D eigenvalue weighted by Crippen LogP contribution is -2.39. The Labute approximate surface area is 90.2 Å². The average molecular weight is 207 g/mol. The third-order valence-electron chi connectivity index (χ3n) is 2.49. The Kier molecular flexibility index (Phi) is 4.31. The predicted molar refractivity (Wildman–Crippen MR) is 59.5 cm³/mol. The number of carbonyl (C=O) groups is 1. The summed E-state index contributed by atoms with van der Waals surface area (Å²) in [5.41, 5.74) is 5.74. The fraction of sp³-hybridized carbons (Fsp3) is 0.417. The van der Waals surface area contributed by atoms with Crippen LogP contribution in [0.15, 0.2) is 30.3 Å². The van der Waals surface area contributed by atoms with Crippen LogP contribution in [0.1, 0.15) is 20.3 Å². The Morgan fingerprint density at radius 2 is 2.00 bits per heavy atom. The maximum atomic E-state index is 11.6. The lowest BCUT2D eigenvalue weighted by Gasteiger charge is -2.16. The van der Waals surface area contributed by atoms with Crippen molar-refractivity contribution in [3.8, 4) is 5.75 Å². The second-order valence-corrected chi connectivity index (χ2v) is 3.65. The van der Waals surface area contributed by atoms with Crippen LogP contribution in [0, 0.1) is 5.92 Å². The van der Waals surface area contributed by atoms with Gasteiger partial charge in [0.2, 0.25) is 0 Å². The van der Waals surface area contributed by atoms with Gasteiger partial charge >= 0.3 is 5.97 Å². The monoisotopic (exact) mass is 207 g/mol. The highest BCUT2D eigenvalue weighted by atomic mass is 16.5. The number of esters is 1. The second-order valence-electron chi connectivity index (χ2n) is 3.65. The van der Waals surface area contributed by atoms with E-state index < -0.39 is 6.04 Å². The van der Waals surface area contributed by atoms with E-state index in [1.165, 1.54) is 0 Å². The summed E-state index contributed by atoms with van der Waals surface area (Å²) in [6.07, 6.45) is 0.866. The molecule has 0 spiro atoms. The topological polar surface area (TPSA) is 52.3 Å². The van der Waals surface area contributed by atoms with Gasteiger partial charge in [-0.3, -0.25) is 0 Å². The van der Waals surface area contributed by atoms with E-state index in [9.17, 15) is 4.79 Å². The minimum absolute atomic E-state index is 0.140. The first kappa shape index (κ1) is 11.7. The molecule has 82 valence electrons. The smallest absolute Gasteiger partial charge is 0.328 e. The van der Waals surface area contributed by atoms with E-state index in [1.54, 1.807) is 12.1 Å². The van der Waals surface area contributed by atoms with Crippen LogP contribution in [0.4, 0.5) is 0 Å². The molecule has 0 amide bonds. The van der Waals surface area contributed by atoms with Gasteiger partial charge in [0.05, 0.1) is 0 Å². The Bertz CT molecular complexity index is 311. The Morgan fingerprint density at radius 3 is 2.53 bits per heavy atom. The number of benzene rings is 1. The first-order chi connectivity index (χ1) is 7.15. The molecule has 0 heterocycles. The maximum absolute atomic E-state index is 11.6. The van der Waals surface area contributed by atoms with Gasteiger partial charge in [0, 0.05) is 0 Å². The molecule has 3 heteroatoms. The van der Waals surface area contributed by atoms with Crippen molar-refractivity contribution >= 4 is 5.97 Å². The van der Waals surface area contributed by atoms with Gasteiger partial charge in [-0.15, -0.1) is 0 Å². The number of carbonyl (C=O) groups excluding carboxylic acids is 1.